The van der Waals surface area contributed by atoms with Crippen LogP contribution in [0.5, 0.6) is 0 Å². The first kappa shape index (κ1) is 10.2. The number of anilines is 1. The summed E-state index contributed by atoms with van der Waals surface area (Å²) in [5, 5.41) is 0.689. The molecule has 0 atom stereocenters. The largest absolute Gasteiger partial charge is 0.385 e. The number of fused-ring (bicyclic) bond motifs is 1. The van der Waals surface area contributed by atoms with Crippen LogP contribution in [-0.4, -0.2) is 9.38 Å². The highest BCUT2D eigenvalue weighted by molar-refractivity contribution is 6.33. The van der Waals surface area contributed by atoms with Gasteiger partial charge in [0.15, 0.2) is 0 Å². The SMILES string of the molecule is Nc1cccc2nc(-c3ccccc3Cl)cn12. The van der Waals surface area contributed by atoms with E-state index in [1.165, 1.54) is 0 Å². The molecule has 17 heavy (non-hydrogen) atoms. The minimum Gasteiger partial charge on any atom is -0.385 e. The van der Waals surface area contributed by atoms with Crippen LogP contribution < -0.4 is 5.73 Å². The maximum Gasteiger partial charge on any atom is 0.139 e. The highest BCUT2D eigenvalue weighted by Crippen LogP contribution is 2.27. The first-order chi connectivity index (χ1) is 8.25. The molecule has 3 nitrogen and oxygen atoms in total. The Balaban J connectivity index is 2.26. The van der Waals surface area contributed by atoms with Crippen molar-refractivity contribution in [2.75, 3.05) is 5.73 Å². The van der Waals surface area contributed by atoms with Gasteiger partial charge in [0.1, 0.15) is 11.5 Å². The Morgan fingerprint density at radius 2 is 1.88 bits per heavy atom. The number of benzene rings is 1. The van der Waals surface area contributed by atoms with Crippen LogP contribution in [0.3, 0.4) is 0 Å². The molecule has 3 aromatic rings. The van der Waals surface area contributed by atoms with E-state index in [1.54, 1.807) is 0 Å². The molecule has 84 valence electrons. The quantitative estimate of drug-likeness (QED) is 0.713. The van der Waals surface area contributed by atoms with Crippen LogP contribution >= 0.6 is 11.6 Å². The van der Waals surface area contributed by atoms with Gasteiger partial charge in [0, 0.05) is 11.8 Å². The van der Waals surface area contributed by atoms with Crippen LogP contribution in [0.2, 0.25) is 5.02 Å². The molecular weight excluding hydrogens is 234 g/mol. The van der Waals surface area contributed by atoms with Gasteiger partial charge in [-0.25, -0.2) is 4.98 Å². The maximum absolute atomic E-state index is 6.15. The van der Waals surface area contributed by atoms with Crippen molar-refractivity contribution in [3.05, 3.63) is 53.7 Å². The molecular formula is C13H10ClN3. The number of hydrogen-bond donors (Lipinski definition) is 1. The molecule has 0 aliphatic heterocycles. The second kappa shape index (κ2) is 3.79. The van der Waals surface area contributed by atoms with Crippen LogP contribution in [0.1, 0.15) is 0 Å². The third-order valence-electron chi connectivity index (χ3n) is 2.67. The van der Waals surface area contributed by atoms with E-state index in [0.29, 0.717) is 10.8 Å². The van der Waals surface area contributed by atoms with Gasteiger partial charge in [-0.05, 0) is 18.2 Å². The zero-order chi connectivity index (χ0) is 11.8. The summed E-state index contributed by atoms with van der Waals surface area (Å²) in [6.07, 6.45) is 1.89. The normalized spacial score (nSPS) is 10.9. The summed E-state index contributed by atoms with van der Waals surface area (Å²) >= 11 is 6.15. The molecule has 0 bridgehead atoms. The van der Waals surface area contributed by atoms with E-state index < -0.39 is 0 Å². The van der Waals surface area contributed by atoms with Gasteiger partial charge < -0.3 is 5.73 Å². The number of aromatic nitrogens is 2. The minimum absolute atomic E-state index is 0.660. The van der Waals surface area contributed by atoms with Crippen molar-refractivity contribution in [2.24, 2.45) is 0 Å². The zero-order valence-corrected chi connectivity index (χ0v) is 9.72. The van der Waals surface area contributed by atoms with E-state index in [9.17, 15) is 0 Å². The summed E-state index contributed by atoms with van der Waals surface area (Å²) in [6, 6.07) is 13.3. The third-order valence-corrected chi connectivity index (χ3v) is 3.00. The smallest absolute Gasteiger partial charge is 0.139 e. The lowest BCUT2D eigenvalue weighted by Crippen LogP contribution is -1.93. The van der Waals surface area contributed by atoms with Crippen LogP contribution in [0.25, 0.3) is 16.9 Å². The maximum atomic E-state index is 6.15. The number of imidazole rings is 1. The second-order valence-electron chi connectivity index (χ2n) is 3.78. The van der Waals surface area contributed by atoms with Gasteiger partial charge in [0.05, 0.1) is 10.7 Å². The van der Waals surface area contributed by atoms with Gasteiger partial charge in [-0.15, -0.1) is 0 Å². The molecule has 2 heterocycles. The van der Waals surface area contributed by atoms with Gasteiger partial charge in [-0.2, -0.15) is 0 Å². The molecule has 0 spiro atoms. The molecule has 1 aromatic carbocycles. The Morgan fingerprint density at radius 1 is 1.06 bits per heavy atom. The Bertz CT molecular complexity index is 688. The topological polar surface area (TPSA) is 43.3 Å². The first-order valence-corrected chi connectivity index (χ1v) is 5.62. The van der Waals surface area contributed by atoms with Gasteiger partial charge in [0.25, 0.3) is 0 Å². The number of nitrogens with zero attached hydrogens (tertiary/aromatic N) is 2. The summed E-state index contributed by atoms with van der Waals surface area (Å²) in [6.45, 7) is 0. The van der Waals surface area contributed by atoms with Crippen LogP contribution in [0.15, 0.2) is 48.7 Å². The Labute approximate surface area is 103 Å². The fourth-order valence-corrected chi connectivity index (χ4v) is 2.06. The summed E-state index contributed by atoms with van der Waals surface area (Å²) in [5.74, 6) is 0.660. The van der Waals surface area contributed by atoms with Crippen LogP contribution in [0.4, 0.5) is 5.82 Å². The van der Waals surface area contributed by atoms with Crippen molar-refractivity contribution >= 4 is 23.1 Å². The van der Waals surface area contributed by atoms with Crippen LogP contribution in [0, 0.1) is 0 Å². The lowest BCUT2D eigenvalue weighted by molar-refractivity contribution is 1.20. The van der Waals surface area contributed by atoms with E-state index >= 15 is 0 Å². The molecule has 2 aromatic heterocycles. The second-order valence-corrected chi connectivity index (χ2v) is 4.19. The standard InChI is InChI=1S/C13H10ClN3/c14-10-5-2-1-4-9(10)11-8-17-12(15)6-3-7-13(17)16-11/h1-8H,15H2. The number of nitrogen functional groups attached to an aromatic ring is 1. The molecule has 0 amide bonds. The minimum atomic E-state index is 0.660. The molecule has 0 saturated carbocycles. The summed E-state index contributed by atoms with van der Waals surface area (Å²) in [5.41, 5.74) is 8.44. The predicted octanol–water partition coefficient (Wildman–Crippen LogP) is 3.24. The number of nitrogens with two attached hydrogens (primary N) is 1. The fraction of sp³-hybridized carbons (Fsp3) is 0. The number of rotatable bonds is 1. The highest BCUT2D eigenvalue weighted by atomic mass is 35.5. The van der Waals surface area contributed by atoms with Crippen molar-refractivity contribution in [1.29, 1.82) is 0 Å². The number of pyridine rings is 1. The monoisotopic (exact) mass is 243 g/mol. The average Bonchev–Trinajstić information content (AvgIpc) is 2.75. The molecule has 0 aliphatic carbocycles. The molecule has 0 saturated heterocycles. The first-order valence-electron chi connectivity index (χ1n) is 5.24. The molecule has 2 N–H and O–H groups in total. The van der Waals surface area contributed by atoms with E-state index in [1.807, 2.05) is 53.1 Å². The van der Waals surface area contributed by atoms with Crippen molar-refractivity contribution in [3.8, 4) is 11.3 Å². The molecule has 3 rings (SSSR count). The Morgan fingerprint density at radius 3 is 2.65 bits per heavy atom. The van der Waals surface area contributed by atoms with Crippen molar-refractivity contribution in [1.82, 2.24) is 9.38 Å². The lowest BCUT2D eigenvalue weighted by atomic mass is 10.2. The fourth-order valence-electron chi connectivity index (χ4n) is 1.83. The van der Waals surface area contributed by atoms with E-state index in [-0.39, 0.29) is 0 Å². The third kappa shape index (κ3) is 1.65. The molecule has 0 fully saturated rings. The lowest BCUT2D eigenvalue weighted by Gasteiger charge is -1.98. The highest BCUT2D eigenvalue weighted by Gasteiger charge is 2.08. The van der Waals surface area contributed by atoms with Gasteiger partial charge in [0.2, 0.25) is 0 Å². The number of hydrogen-bond acceptors (Lipinski definition) is 2. The van der Waals surface area contributed by atoms with Gasteiger partial charge in [-0.3, -0.25) is 4.40 Å². The van der Waals surface area contributed by atoms with E-state index in [2.05, 4.69) is 4.98 Å². The summed E-state index contributed by atoms with van der Waals surface area (Å²) in [4.78, 5) is 4.50. The van der Waals surface area contributed by atoms with Crippen molar-refractivity contribution < 1.29 is 0 Å². The van der Waals surface area contributed by atoms with Crippen molar-refractivity contribution in [3.63, 3.8) is 0 Å². The average molecular weight is 244 g/mol. The zero-order valence-electron chi connectivity index (χ0n) is 8.97. The van der Waals surface area contributed by atoms with E-state index in [4.69, 9.17) is 17.3 Å². The molecule has 0 unspecified atom stereocenters. The van der Waals surface area contributed by atoms with Crippen molar-refractivity contribution in [2.45, 2.75) is 0 Å². The Hall–Kier alpha value is -2.00. The van der Waals surface area contributed by atoms with Gasteiger partial charge in [-0.1, -0.05) is 35.9 Å². The Kier molecular flexibility index (Phi) is 2.27. The molecule has 0 aliphatic rings. The predicted molar refractivity (Wildman–Crippen MR) is 70.1 cm³/mol. The van der Waals surface area contributed by atoms with Crippen LogP contribution in [-0.2, 0) is 0 Å². The summed E-state index contributed by atoms with van der Waals surface area (Å²) < 4.78 is 1.85. The number of halogens is 1. The molecule has 4 heteroatoms. The molecule has 0 radical (unpaired) electrons. The van der Waals surface area contributed by atoms with Gasteiger partial charge >= 0.3 is 0 Å². The van der Waals surface area contributed by atoms with E-state index in [0.717, 1.165) is 16.9 Å². The summed E-state index contributed by atoms with van der Waals surface area (Å²) in [7, 11) is 0.